The molecule has 0 fully saturated rings. The van der Waals surface area contributed by atoms with Gasteiger partial charge in [0.2, 0.25) is 0 Å². The fraction of sp³-hybridized carbons (Fsp3) is 0.0400. The summed E-state index contributed by atoms with van der Waals surface area (Å²) < 4.78 is 30.5. The Balaban J connectivity index is 1.52. The van der Waals surface area contributed by atoms with Crippen molar-refractivity contribution in [1.82, 2.24) is 5.43 Å². The van der Waals surface area contributed by atoms with Crippen molar-refractivity contribution in [2.75, 3.05) is 0 Å². The molecular weight excluding hydrogens is 424 g/mol. The number of sulfone groups is 1. The molecule has 0 saturated heterocycles. The van der Waals surface area contributed by atoms with Crippen molar-refractivity contribution in [3.63, 3.8) is 0 Å². The van der Waals surface area contributed by atoms with E-state index in [0.717, 1.165) is 11.1 Å². The monoisotopic (exact) mass is 444 g/mol. The standard InChI is InChI=1S/C25H20N2O4S/c28-25(23-17-16-21(31-23)18-32(29,30)22-14-8-3-9-15-22)27-26-24(19-10-4-1-5-11-19)20-12-6-2-7-13-20/h1-17H,18H2,(H,27,28). The maximum atomic E-state index is 12.6. The van der Waals surface area contributed by atoms with E-state index in [1.807, 2.05) is 60.7 Å². The lowest BCUT2D eigenvalue weighted by atomic mass is 10.0. The van der Waals surface area contributed by atoms with Gasteiger partial charge in [0.15, 0.2) is 15.6 Å². The van der Waals surface area contributed by atoms with Gasteiger partial charge in [0.25, 0.3) is 0 Å². The third kappa shape index (κ3) is 5.01. The average Bonchev–Trinajstić information content (AvgIpc) is 3.29. The first-order valence-corrected chi connectivity index (χ1v) is 11.5. The van der Waals surface area contributed by atoms with E-state index in [9.17, 15) is 13.2 Å². The molecule has 0 saturated carbocycles. The lowest BCUT2D eigenvalue weighted by molar-refractivity contribution is 0.0925. The number of benzene rings is 3. The molecular formula is C25H20N2O4S. The van der Waals surface area contributed by atoms with E-state index >= 15 is 0 Å². The number of carbonyl (C=O) groups excluding carboxylic acids is 1. The van der Waals surface area contributed by atoms with Crippen molar-refractivity contribution in [2.45, 2.75) is 10.6 Å². The van der Waals surface area contributed by atoms with E-state index in [0.29, 0.717) is 5.71 Å². The van der Waals surface area contributed by atoms with Gasteiger partial charge in [0, 0.05) is 11.1 Å². The van der Waals surface area contributed by atoms with Crippen molar-refractivity contribution in [3.05, 3.63) is 126 Å². The van der Waals surface area contributed by atoms with Gasteiger partial charge in [-0.15, -0.1) is 0 Å². The second kappa shape index (κ2) is 9.45. The maximum Gasteiger partial charge on any atom is 0.307 e. The predicted octanol–water partition coefficient (Wildman–Crippen LogP) is 4.44. The van der Waals surface area contributed by atoms with Crippen LogP contribution in [0.1, 0.15) is 27.4 Å². The zero-order valence-electron chi connectivity index (χ0n) is 17.0. The third-order valence-corrected chi connectivity index (χ3v) is 6.34. The van der Waals surface area contributed by atoms with Crippen LogP contribution in [0.4, 0.5) is 0 Å². The topological polar surface area (TPSA) is 88.7 Å². The van der Waals surface area contributed by atoms with Crippen LogP contribution in [-0.2, 0) is 15.6 Å². The summed E-state index contributed by atoms with van der Waals surface area (Å²) in [6.07, 6.45) is 0. The average molecular weight is 445 g/mol. The van der Waals surface area contributed by atoms with Crippen LogP contribution in [0.3, 0.4) is 0 Å². The fourth-order valence-electron chi connectivity index (χ4n) is 3.13. The number of amides is 1. The summed E-state index contributed by atoms with van der Waals surface area (Å²) >= 11 is 0. The second-order valence-electron chi connectivity index (χ2n) is 6.97. The first-order chi connectivity index (χ1) is 15.5. The Morgan fingerprint density at radius 1 is 0.750 bits per heavy atom. The molecule has 1 aromatic heterocycles. The van der Waals surface area contributed by atoms with Crippen molar-refractivity contribution >= 4 is 21.5 Å². The molecule has 1 N–H and O–H groups in total. The first-order valence-electron chi connectivity index (χ1n) is 9.88. The van der Waals surface area contributed by atoms with Gasteiger partial charge < -0.3 is 4.42 Å². The quantitative estimate of drug-likeness (QED) is 0.337. The molecule has 0 radical (unpaired) electrons. The van der Waals surface area contributed by atoms with Gasteiger partial charge in [-0.05, 0) is 24.3 Å². The summed E-state index contributed by atoms with van der Waals surface area (Å²) in [5.41, 5.74) is 4.79. The van der Waals surface area contributed by atoms with E-state index in [1.54, 1.807) is 18.2 Å². The van der Waals surface area contributed by atoms with Crippen LogP contribution in [0.5, 0.6) is 0 Å². The second-order valence-corrected chi connectivity index (χ2v) is 8.96. The molecule has 3 aromatic carbocycles. The van der Waals surface area contributed by atoms with Crippen LogP contribution in [0, 0.1) is 0 Å². The zero-order valence-corrected chi connectivity index (χ0v) is 17.8. The van der Waals surface area contributed by atoms with Gasteiger partial charge in [-0.2, -0.15) is 5.10 Å². The van der Waals surface area contributed by atoms with Crippen molar-refractivity contribution in [2.24, 2.45) is 5.10 Å². The third-order valence-electron chi connectivity index (χ3n) is 4.68. The molecule has 0 aliphatic rings. The normalized spacial score (nSPS) is 11.0. The SMILES string of the molecule is O=C(NN=C(c1ccccc1)c1ccccc1)c1ccc(CS(=O)(=O)c2ccccc2)o1. The zero-order chi connectivity index (χ0) is 22.4. The highest BCUT2D eigenvalue weighted by Gasteiger charge is 2.19. The number of hydrogen-bond donors (Lipinski definition) is 1. The van der Waals surface area contributed by atoms with Gasteiger partial charge in [0.05, 0.1) is 10.6 Å². The van der Waals surface area contributed by atoms with Gasteiger partial charge in [-0.1, -0.05) is 78.9 Å². The number of hydrazone groups is 1. The highest BCUT2D eigenvalue weighted by molar-refractivity contribution is 7.90. The van der Waals surface area contributed by atoms with Gasteiger partial charge in [-0.25, -0.2) is 13.8 Å². The van der Waals surface area contributed by atoms with Crippen LogP contribution in [0.2, 0.25) is 0 Å². The highest BCUT2D eigenvalue weighted by Crippen LogP contribution is 2.18. The molecule has 6 nitrogen and oxygen atoms in total. The minimum absolute atomic E-state index is 0.0208. The molecule has 0 atom stereocenters. The Hall–Kier alpha value is -3.97. The molecule has 0 aliphatic heterocycles. The largest absolute Gasteiger partial charge is 0.455 e. The number of carbonyl (C=O) groups is 1. The molecule has 4 rings (SSSR count). The van der Waals surface area contributed by atoms with Crippen LogP contribution in [0.25, 0.3) is 0 Å². The van der Waals surface area contributed by atoms with Gasteiger partial charge in [-0.3, -0.25) is 4.79 Å². The summed E-state index contributed by atoms with van der Waals surface area (Å²) in [4.78, 5) is 12.8. The van der Waals surface area contributed by atoms with E-state index in [2.05, 4.69) is 10.5 Å². The molecule has 32 heavy (non-hydrogen) atoms. The molecule has 1 heterocycles. The Labute approximate surface area is 186 Å². The molecule has 0 unspecified atom stereocenters. The minimum atomic E-state index is -3.58. The Bertz CT molecular complexity index is 1290. The Morgan fingerprint density at radius 2 is 1.28 bits per heavy atom. The van der Waals surface area contributed by atoms with Crippen LogP contribution in [0.15, 0.2) is 118 Å². The van der Waals surface area contributed by atoms with Gasteiger partial charge in [0.1, 0.15) is 11.5 Å². The summed E-state index contributed by atoms with van der Waals surface area (Å²) in [7, 11) is -3.58. The predicted molar refractivity (Wildman–Crippen MR) is 122 cm³/mol. The van der Waals surface area contributed by atoms with Crippen molar-refractivity contribution in [1.29, 1.82) is 0 Å². The highest BCUT2D eigenvalue weighted by atomic mass is 32.2. The summed E-state index contributed by atoms with van der Waals surface area (Å²) in [5.74, 6) is -0.758. The van der Waals surface area contributed by atoms with E-state index in [1.165, 1.54) is 24.3 Å². The molecule has 0 bridgehead atoms. The summed E-state index contributed by atoms with van der Waals surface area (Å²) in [6, 6.07) is 30.0. The van der Waals surface area contributed by atoms with Crippen LogP contribution < -0.4 is 5.43 Å². The van der Waals surface area contributed by atoms with E-state index < -0.39 is 15.7 Å². The number of nitrogens with zero attached hydrogens (tertiary/aromatic N) is 1. The molecule has 1 amide bonds. The van der Waals surface area contributed by atoms with Crippen molar-refractivity contribution in [3.8, 4) is 0 Å². The van der Waals surface area contributed by atoms with Crippen LogP contribution in [-0.4, -0.2) is 20.0 Å². The van der Waals surface area contributed by atoms with Gasteiger partial charge >= 0.3 is 5.91 Å². The van der Waals surface area contributed by atoms with Crippen molar-refractivity contribution < 1.29 is 17.6 Å². The molecule has 0 aliphatic carbocycles. The lowest BCUT2D eigenvalue weighted by Crippen LogP contribution is -2.20. The lowest BCUT2D eigenvalue weighted by Gasteiger charge is -2.07. The summed E-state index contributed by atoms with van der Waals surface area (Å²) in [6.45, 7) is 0. The minimum Gasteiger partial charge on any atom is -0.455 e. The number of furan rings is 1. The molecule has 7 heteroatoms. The molecule has 0 spiro atoms. The smallest absolute Gasteiger partial charge is 0.307 e. The fourth-order valence-corrected chi connectivity index (χ4v) is 4.39. The number of rotatable bonds is 7. The molecule has 160 valence electrons. The maximum absolute atomic E-state index is 12.6. The number of hydrogen-bond acceptors (Lipinski definition) is 5. The number of nitrogens with one attached hydrogen (secondary N) is 1. The summed E-state index contributed by atoms with van der Waals surface area (Å²) in [5, 5.41) is 4.31. The van der Waals surface area contributed by atoms with E-state index in [-0.39, 0.29) is 22.2 Å². The van der Waals surface area contributed by atoms with E-state index in [4.69, 9.17) is 4.42 Å². The van der Waals surface area contributed by atoms with Crippen LogP contribution >= 0.6 is 0 Å². The Kier molecular flexibility index (Phi) is 6.28. The first kappa shape index (κ1) is 21.3. The Morgan fingerprint density at radius 3 is 1.84 bits per heavy atom. The molecule has 4 aromatic rings.